The molecule has 0 spiro atoms. The molecule has 132 valence electrons. The first-order chi connectivity index (χ1) is 12.8. The van der Waals surface area contributed by atoms with E-state index in [4.69, 9.17) is 9.47 Å². The summed E-state index contributed by atoms with van der Waals surface area (Å²) in [5, 5.41) is 9.21. The van der Waals surface area contributed by atoms with Gasteiger partial charge in [-0.1, -0.05) is 47.7 Å². The lowest BCUT2D eigenvalue weighted by molar-refractivity contribution is -0.0817. The van der Waals surface area contributed by atoms with Gasteiger partial charge in [-0.05, 0) is 70.4 Å². The Bertz CT molecular complexity index is 1050. The van der Waals surface area contributed by atoms with Gasteiger partial charge in [0, 0.05) is 13.2 Å². The Labute approximate surface area is 156 Å². The van der Waals surface area contributed by atoms with Crippen LogP contribution in [0.2, 0.25) is 0 Å². The Morgan fingerprint density at radius 3 is 1.92 bits per heavy atom. The summed E-state index contributed by atoms with van der Waals surface area (Å²) in [6.07, 6.45) is 0. The number of ether oxygens (including phenoxy) is 2. The lowest BCUT2D eigenvalue weighted by atomic mass is 10.00. The molecule has 0 aliphatic rings. The van der Waals surface area contributed by atoms with Crippen molar-refractivity contribution in [3.63, 3.8) is 0 Å². The summed E-state index contributed by atoms with van der Waals surface area (Å²) in [6, 6.07) is 24.4. The van der Waals surface area contributed by atoms with Crippen LogP contribution in [0.15, 0.2) is 66.7 Å². The second-order valence-corrected chi connectivity index (χ2v) is 8.42. The zero-order valence-corrected chi connectivity index (χ0v) is 16.8. The minimum atomic E-state index is -0.693. The number of rotatable bonds is 6. The third kappa shape index (κ3) is 3.38. The Kier molecular flexibility index (Phi) is 5.02. The van der Waals surface area contributed by atoms with Crippen LogP contribution in [-0.4, -0.2) is 28.6 Å². The van der Waals surface area contributed by atoms with E-state index in [0.29, 0.717) is 13.2 Å². The molecule has 0 aliphatic carbocycles. The summed E-state index contributed by atoms with van der Waals surface area (Å²) in [4.78, 5) is 0. The first-order valence-corrected chi connectivity index (χ1v) is 10.9. The van der Waals surface area contributed by atoms with Crippen molar-refractivity contribution in [1.29, 1.82) is 0 Å². The maximum Gasteiger partial charge on any atom is 0.139 e. The van der Waals surface area contributed by atoms with Gasteiger partial charge in [0.2, 0.25) is 0 Å². The quantitative estimate of drug-likeness (QED) is 0.290. The lowest BCUT2D eigenvalue weighted by Crippen LogP contribution is -2.33. The number of fused-ring (bicyclic) bond motifs is 3. The fourth-order valence-corrected chi connectivity index (χ4v) is 5.54. The average Bonchev–Trinajstić information content (AvgIpc) is 2.65. The van der Waals surface area contributed by atoms with E-state index in [9.17, 15) is 0 Å². The van der Waals surface area contributed by atoms with Crippen molar-refractivity contribution >= 4 is 47.0 Å². The van der Waals surface area contributed by atoms with Crippen LogP contribution in [0, 0.1) is 0 Å². The first kappa shape index (κ1) is 17.2. The van der Waals surface area contributed by atoms with Crippen molar-refractivity contribution in [1.82, 2.24) is 0 Å². The predicted octanol–water partition coefficient (Wildman–Crippen LogP) is 4.30. The fraction of sp³-hybridized carbons (Fsp3) is 0.217. The van der Waals surface area contributed by atoms with Crippen molar-refractivity contribution in [3.8, 4) is 0 Å². The summed E-state index contributed by atoms with van der Waals surface area (Å²) in [5.41, 5.74) is 0. The maximum atomic E-state index is 5.82. The molecular weight excluding hydrogens is 336 g/mol. The Morgan fingerprint density at radius 1 is 0.692 bits per heavy atom. The van der Waals surface area contributed by atoms with Crippen LogP contribution in [0.3, 0.4) is 0 Å². The summed E-state index contributed by atoms with van der Waals surface area (Å²) >= 11 is 0. The van der Waals surface area contributed by atoms with E-state index in [1.54, 1.807) is 0 Å². The van der Waals surface area contributed by atoms with Crippen LogP contribution in [0.5, 0.6) is 0 Å². The zero-order valence-electron chi connectivity index (χ0n) is 15.4. The van der Waals surface area contributed by atoms with Gasteiger partial charge in [0.25, 0.3) is 0 Å². The Morgan fingerprint density at radius 2 is 1.27 bits per heavy atom. The molecule has 0 bridgehead atoms. The third-order valence-electron chi connectivity index (χ3n) is 4.88. The topological polar surface area (TPSA) is 18.5 Å². The fourth-order valence-electron chi connectivity index (χ4n) is 3.68. The molecule has 4 rings (SSSR count). The largest absolute Gasteiger partial charge is 0.357 e. The predicted molar refractivity (Wildman–Crippen MR) is 114 cm³/mol. The SMILES string of the molecule is CCOC(OCC)[SiH2]c1cccc2cc3cc4ccccc4cc3cc12. The van der Waals surface area contributed by atoms with Gasteiger partial charge in [-0.25, -0.2) is 0 Å². The van der Waals surface area contributed by atoms with E-state index in [1.165, 1.54) is 37.5 Å². The normalized spacial score (nSPS) is 12.3. The smallest absolute Gasteiger partial charge is 0.139 e. The van der Waals surface area contributed by atoms with Crippen molar-refractivity contribution in [2.24, 2.45) is 0 Å². The minimum absolute atomic E-state index is 0.0529. The molecule has 4 aromatic rings. The number of hydrogen-bond donors (Lipinski definition) is 0. The van der Waals surface area contributed by atoms with Crippen LogP contribution in [0.4, 0.5) is 0 Å². The van der Waals surface area contributed by atoms with Gasteiger partial charge in [-0.2, -0.15) is 0 Å². The Hall–Kier alpha value is -2.20. The van der Waals surface area contributed by atoms with Gasteiger partial charge in [-0.3, -0.25) is 0 Å². The standard InChI is InChI=1S/C23H24O2Si/c1-3-24-23(25-4-2)26-22-11-7-10-18-14-19-12-16-8-5-6-9-17(16)13-20(19)15-21(18)22/h5-15,23H,3-4,26H2,1-2H3. The highest BCUT2D eigenvalue weighted by atomic mass is 28.2. The molecule has 0 N–H and O–H groups in total. The number of benzene rings is 4. The first-order valence-electron chi connectivity index (χ1n) is 9.36. The monoisotopic (exact) mass is 360 g/mol. The second-order valence-electron chi connectivity index (χ2n) is 6.58. The molecule has 0 radical (unpaired) electrons. The van der Waals surface area contributed by atoms with E-state index in [0.717, 1.165) is 0 Å². The molecule has 0 saturated carbocycles. The molecule has 0 saturated heterocycles. The maximum absolute atomic E-state index is 5.82. The molecule has 26 heavy (non-hydrogen) atoms. The van der Waals surface area contributed by atoms with E-state index in [1.807, 2.05) is 13.8 Å². The molecule has 0 unspecified atom stereocenters. The summed E-state index contributed by atoms with van der Waals surface area (Å²) in [5.74, 6) is -0.0529. The second kappa shape index (κ2) is 7.58. The lowest BCUT2D eigenvalue weighted by Gasteiger charge is -2.18. The summed E-state index contributed by atoms with van der Waals surface area (Å²) in [6.45, 7) is 5.44. The molecule has 0 atom stereocenters. The highest BCUT2D eigenvalue weighted by Crippen LogP contribution is 2.26. The highest BCUT2D eigenvalue weighted by molar-refractivity contribution is 6.58. The van der Waals surface area contributed by atoms with Gasteiger partial charge in [0.15, 0.2) is 0 Å². The van der Waals surface area contributed by atoms with Gasteiger partial charge in [0.1, 0.15) is 15.4 Å². The van der Waals surface area contributed by atoms with Crippen LogP contribution in [-0.2, 0) is 9.47 Å². The molecule has 0 fully saturated rings. The van der Waals surface area contributed by atoms with Gasteiger partial charge in [0.05, 0.1) is 0 Å². The van der Waals surface area contributed by atoms with Gasteiger partial charge in [-0.15, -0.1) is 0 Å². The van der Waals surface area contributed by atoms with Crippen molar-refractivity contribution < 1.29 is 9.47 Å². The van der Waals surface area contributed by atoms with Crippen LogP contribution in [0.25, 0.3) is 32.3 Å². The van der Waals surface area contributed by atoms with E-state index in [2.05, 4.69) is 66.7 Å². The molecule has 0 amide bonds. The molecule has 2 nitrogen and oxygen atoms in total. The van der Waals surface area contributed by atoms with Crippen LogP contribution in [0.1, 0.15) is 13.8 Å². The molecule has 0 aliphatic heterocycles. The van der Waals surface area contributed by atoms with Crippen molar-refractivity contribution in [3.05, 3.63) is 66.7 Å². The number of hydrogen-bond acceptors (Lipinski definition) is 2. The molecule has 0 aromatic heterocycles. The summed E-state index contributed by atoms with van der Waals surface area (Å²) < 4.78 is 11.6. The van der Waals surface area contributed by atoms with E-state index < -0.39 is 9.52 Å². The molecule has 3 heteroatoms. The molecular formula is C23H24O2Si. The zero-order chi connectivity index (χ0) is 17.9. The average molecular weight is 361 g/mol. The Balaban J connectivity index is 1.83. The minimum Gasteiger partial charge on any atom is -0.357 e. The van der Waals surface area contributed by atoms with Gasteiger partial charge >= 0.3 is 0 Å². The summed E-state index contributed by atoms with van der Waals surface area (Å²) in [7, 11) is -0.693. The highest BCUT2D eigenvalue weighted by Gasteiger charge is 2.13. The molecule has 4 aromatic carbocycles. The third-order valence-corrected chi connectivity index (χ3v) is 6.75. The van der Waals surface area contributed by atoms with Crippen LogP contribution >= 0.6 is 0 Å². The van der Waals surface area contributed by atoms with E-state index in [-0.39, 0.29) is 5.91 Å². The van der Waals surface area contributed by atoms with Crippen molar-refractivity contribution in [2.75, 3.05) is 13.2 Å². The van der Waals surface area contributed by atoms with Gasteiger partial charge < -0.3 is 9.47 Å². The van der Waals surface area contributed by atoms with E-state index >= 15 is 0 Å². The van der Waals surface area contributed by atoms with Crippen molar-refractivity contribution in [2.45, 2.75) is 19.8 Å². The molecule has 0 heterocycles. The van der Waals surface area contributed by atoms with Crippen LogP contribution < -0.4 is 5.19 Å².